The molecule has 4 heteroatoms. The van der Waals surface area contributed by atoms with Crippen LogP contribution in [0.2, 0.25) is 0 Å². The molecule has 0 saturated carbocycles. The maximum Gasteiger partial charge on any atom is 0.227 e. The summed E-state index contributed by atoms with van der Waals surface area (Å²) in [7, 11) is 0. The lowest BCUT2D eigenvalue weighted by Crippen LogP contribution is -2.50. The van der Waals surface area contributed by atoms with E-state index in [1.165, 1.54) is 0 Å². The van der Waals surface area contributed by atoms with Crippen molar-refractivity contribution in [3.8, 4) is 0 Å². The summed E-state index contributed by atoms with van der Waals surface area (Å²) in [5.74, 6) is 0.212. The van der Waals surface area contributed by atoms with Gasteiger partial charge in [0.1, 0.15) is 0 Å². The van der Waals surface area contributed by atoms with Gasteiger partial charge in [0.15, 0.2) is 0 Å². The molecule has 0 radical (unpaired) electrons. The number of hydrogen-bond donors (Lipinski definition) is 2. The maximum absolute atomic E-state index is 12.2. The van der Waals surface area contributed by atoms with E-state index in [-0.39, 0.29) is 11.3 Å². The molecule has 1 aliphatic rings. The Morgan fingerprint density at radius 3 is 2.88 bits per heavy atom. The van der Waals surface area contributed by atoms with Crippen LogP contribution < -0.4 is 10.6 Å². The first kappa shape index (κ1) is 14.5. The summed E-state index contributed by atoms with van der Waals surface area (Å²) in [6.45, 7) is 8.15. The van der Waals surface area contributed by atoms with Gasteiger partial charge >= 0.3 is 0 Å². The number of carbonyl (C=O) groups is 1. The highest BCUT2D eigenvalue weighted by molar-refractivity contribution is 5.82. The molecule has 1 fully saturated rings. The van der Waals surface area contributed by atoms with Gasteiger partial charge in [-0.05, 0) is 39.2 Å². The van der Waals surface area contributed by atoms with E-state index in [0.29, 0.717) is 0 Å². The smallest absolute Gasteiger partial charge is 0.227 e. The maximum atomic E-state index is 12.2. The summed E-state index contributed by atoms with van der Waals surface area (Å²) >= 11 is 0. The van der Waals surface area contributed by atoms with Gasteiger partial charge in [-0.1, -0.05) is 6.92 Å². The van der Waals surface area contributed by atoms with Crippen LogP contribution in [-0.4, -0.2) is 38.8 Å². The Hall–Kier alpha value is -0.610. The van der Waals surface area contributed by atoms with Gasteiger partial charge in [0.25, 0.3) is 0 Å². The second kappa shape index (κ2) is 7.67. The van der Waals surface area contributed by atoms with Crippen LogP contribution in [0.25, 0.3) is 0 Å². The van der Waals surface area contributed by atoms with Gasteiger partial charge in [-0.25, -0.2) is 0 Å². The molecule has 17 heavy (non-hydrogen) atoms. The standard InChI is InChI=1S/C13H26N2O2/c1-3-13(7-5-8-14-11-13)12(16)15-9-6-10-17-4-2/h14H,3-11H2,1-2H3,(H,15,16). The van der Waals surface area contributed by atoms with Gasteiger partial charge in [0.05, 0.1) is 5.41 Å². The normalized spacial score (nSPS) is 24.6. The Balaban J connectivity index is 2.28. The predicted octanol–water partition coefficient (Wildman–Crippen LogP) is 1.31. The van der Waals surface area contributed by atoms with Crippen molar-refractivity contribution < 1.29 is 9.53 Å². The lowest BCUT2D eigenvalue weighted by atomic mass is 9.77. The highest BCUT2D eigenvalue weighted by atomic mass is 16.5. The molecule has 4 nitrogen and oxygen atoms in total. The average molecular weight is 242 g/mol. The predicted molar refractivity (Wildman–Crippen MR) is 68.9 cm³/mol. The van der Waals surface area contributed by atoms with E-state index in [2.05, 4.69) is 17.6 Å². The van der Waals surface area contributed by atoms with E-state index < -0.39 is 0 Å². The van der Waals surface area contributed by atoms with Gasteiger partial charge < -0.3 is 15.4 Å². The average Bonchev–Trinajstić information content (AvgIpc) is 2.39. The van der Waals surface area contributed by atoms with Gasteiger partial charge in [-0.3, -0.25) is 4.79 Å². The Morgan fingerprint density at radius 2 is 2.29 bits per heavy atom. The van der Waals surface area contributed by atoms with E-state index in [9.17, 15) is 4.79 Å². The summed E-state index contributed by atoms with van der Waals surface area (Å²) in [6.07, 6.45) is 3.91. The van der Waals surface area contributed by atoms with Crippen LogP contribution in [0.15, 0.2) is 0 Å². The summed E-state index contributed by atoms with van der Waals surface area (Å²) in [6, 6.07) is 0. The van der Waals surface area contributed by atoms with Crippen LogP contribution in [0.4, 0.5) is 0 Å². The molecule has 1 aliphatic heterocycles. The third-order valence-corrected chi connectivity index (χ3v) is 3.59. The molecule has 1 rings (SSSR count). The first-order chi connectivity index (χ1) is 8.25. The molecule has 100 valence electrons. The Labute approximate surface area is 104 Å². The molecule has 1 amide bonds. The van der Waals surface area contributed by atoms with Crippen molar-refractivity contribution in [2.75, 3.05) is 32.8 Å². The highest BCUT2D eigenvalue weighted by Crippen LogP contribution is 2.30. The molecule has 0 aromatic carbocycles. The van der Waals surface area contributed by atoms with Crippen molar-refractivity contribution >= 4 is 5.91 Å². The lowest BCUT2D eigenvalue weighted by Gasteiger charge is -2.35. The zero-order valence-electron chi connectivity index (χ0n) is 11.2. The van der Waals surface area contributed by atoms with Crippen LogP contribution >= 0.6 is 0 Å². The number of hydrogen-bond acceptors (Lipinski definition) is 3. The molecular formula is C13H26N2O2. The number of amides is 1. The zero-order chi connectivity index (χ0) is 12.6. The molecule has 1 atom stereocenters. The highest BCUT2D eigenvalue weighted by Gasteiger charge is 2.37. The van der Waals surface area contributed by atoms with E-state index in [0.717, 1.165) is 58.5 Å². The Morgan fingerprint density at radius 1 is 1.47 bits per heavy atom. The fourth-order valence-corrected chi connectivity index (χ4v) is 2.33. The van der Waals surface area contributed by atoms with Crippen molar-refractivity contribution in [2.24, 2.45) is 5.41 Å². The van der Waals surface area contributed by atoms with Crippen LogP contribution in [0, 0.1) is 5.41 Å². The molecule has 1 saturated heterocycles. The fourth-order valence-electron chi connectivity index (χ4n) is 2.33. The number of piperidine rings is 1. The van der Waals surface area contributed by atoms with Crippen molar-refractivity contribution in [3.05, 3.63) is 0 Å². The van der Waals surface area contributed by atoms with E-state index in [4.69, 9.17) is 4.74 Å². The molecule has 0 bridgehead atoms. The van der Waals surface area contributed by atoms with Gasteiger partial charge in [-0.2, -0.15) is 0 Å². The lowest BCUT2D eigenvalue weighted by molar-refractivity contribution is -0.132. The number of ether oxygens (including phenoxy) is 1. The first-order valence-electron chi connectivity index (χ1n) is 6.82. The van der Waals surface area contributed by atoms with Crippen LogP contribution in [0.5, 0.6) is 0 Å². The van der Waals surface area contributed by atoms with E-state index in [1.54, 1.807) is 0 Å². The van der Waals surface area contributed by atoms with Crippen LogP contribution in [-0.2, 0) is 9.53 Å². The number of rotatable bonds is 7. The number of carbonyl (C=O) groups excluding carboxylic acids is 1. The summed E-state index contributed by atoms with van der Waals surface area (Å²) < 4.78 is 5.25. The van der Waals surface area contributed by atoms with Crippen molar-refractivity contribution in [2.45, 2.75) is 39.5 Å². The van der Waals surface area contributed by atoms with Crippen molar-refractivity contribution in [1.82, 2.24) is 10.6 Å². The van der Waals surface area contributed by atoms with Gasteiger partial charge in [-0.15, -0.1) is 0 Å². The second-order valence-electron chi connectivity index (χ2n) is 4.72. The van der Waals surface area contributed by atoms with Crippen LogP contribution in [0.3, 0.4) is 0 Å². The van der Waals surface area contributed by atoms with Gasteiger partial charge in [0, 0.05) is 26.3 Å². The summed E-state index contributed by atoms with van der Waals surface area (Å²) in [4.78, 5) is 12.2. The fraction of sp³-hybridized carbons (Fsp3) is 0.923. The number of nitrogens with one attached hydrogen (secondary N) is 2. The first-order valence-corrected chi connectivity index (χ1v) is 6.82. The SMILES string of the molecule is CCOCCCNC(=O)C1(CC)CCCNC1. The minimum atomic E-state index is -0.177. The topological polar surface area (TPSA) is 50.4 Å². The second-order valence-corrected chi connectivity index (χ2v) is 4.72. The largest absolute Gasteiger partial charge is 0.382 e. The Bertz CT molecular complexity index is 225. The molecule has 2 N–H and O–H groups in total. The molecule has 0 aliphatic carbocycles. The Kier molecular flexibility index (Phi) is 6.52. The minimum absolute atomic E-state index is 0.177. The van der Waals surface area contributed by atoms with E-state index in [1.807, 2.05) is 6.92 Å². The molecule has 1 heterocycles. The molecule has 0 spiro atoms. The molecule has 1 unspecified atom stereocenters. The van der Waals surface area contributed by atoms with Crippen molar-refractivity contribution in [3.63, 3.8) is 0 Å². The monoisotopic (exact) mass is 242 g/mol. The van der Waals surface area contributed by atoms with Crippen molar-refractivity contribution in [1.29, 1.82) is 0 Å². The third-order valence-electron chi connectivity index (χ3n) is 3.59. The summed E-state index contributed by atoms with van der Waals surface area (Å²) in [5, 5.41) is 6.38. The third kappa shape index (κ3) is 4.28. The van der Waals surface area contributed by atoms with Crippen LogP contribution in [0.1, 0.15) is 39.5 Å². The quantitative estimate of drug-likeness (QED) is 0.662. The molecule has 0 aromatic heterocycles. The zero-order valence-corrected chi connectivity index (χ0v) is 11.2. The summed E-state index contributed by atoms with van der Waals surface area (Å²) in [5.41, 5.74) is -0.177. The minimum Gasteiger partial charge on any atom is -0.382 e. The molecule has 0 aromatic rings. The molecular weight excluding hydrogens is 216 g/mol. The van der Waals surface area contributed by atoms with E-state index >= 15 is 0 Å². The van der Waals surface area contributed by atoms with Gasteiger partial charge in [0.2, 0.25) is 5.91 Å².